The fourth-order valence-corrected chi connectivity index (χ4v) is 3.77. The molecule has 0 radical (unpaired) electrons. The molecule has 0 amide bonds. The monoisotopic (exact) mass is 394 g/mol. The Hall–Kier alpha value is -2.26. The molecule has 1 aliphatic rings. The van der Waals surface area contributed by atoms with Crippen molar-refractivity contribution in [3.05, 3.63) is 58.1 Å². The number of hydrogen-bond donors (Lipinski definition) is 1. The zero-order valence-corrected chi connectivity index (χ0v) is 16.0. The first-order chi connectivity index (χ1) is 12.8. The highest BCUT2D eigenvalue weighted by Gasteiger charge is 2.25. The highest BCUT2D eigenvalue weighted by molar-refractivity contribution is 7.88. The van der Waals surface area contributed by atoms with Crippen LogP contribution in [0.2, 0.25) is 0 Å². The van der Waals surface area contributed by atoms with E-state index in [0.717, 1.165) is 32.1 Å². The van der Waals surface area contributed by atoms with E-state index in [1.165, 1.54) is 22.9 Å². The number of nitrogens with one attached hydrogen (secondary N) is 1. The van der Waals surface area contributed by atoms with Gasteiger partial charge in [-0.05, 0) is 43.0 Å². The predicted molar refractivity (Wildman–Crippen MR) is 102 cm³/mol. The molecule has 27 heavy (non-hydrogen) atoms. The van der Waals surface area contributed by atoms with E-state index >= 15 is 0 Å². The van der Waals surface area contributed by atoms with E-state index < -0.39 is 10.0 Å². The Balaban J connectivity index is 1.83. The molecule has 1 fully saturated rings. The lowest BCUT2D eigenvalue weighted by atomic mass is 10.0. The molecule has 3 rings (SSSR count). The number of rotatable bonds is 6. The van der Waals surface area contributed by atoms with Crippen LogP contribution < -0.4 is 15.2 Å². The Labute approximate surface area is 157 Å². The summed E-state index contributed by atoms with van der Waals surface area (Å²) in [7, 11) is -3.28. The number of nitrogens with zero attached hydrogens (tertiary/aromatic N) is 3. The normalized spacial score (nSPS) is 17.9. The second-order valence-electron chi connectivity index (χ2n) is 6.78. The maximum Gasteiger partial charge on any atom is 0.267 e. The third-order valence-electron chi connectivity index (χ3n) is 4.58. The Bertz CT molecular complexity index is 961. The summed E-state index contributed by atoms with van der Waals surface area (Å²) >= 11 is 0. The van der Waals surface area contributed by atoms with Gasteiger partial charge >= 0.3 is 0 Å². The van der Waals surface area contributed by atoms with E-state index in [1.807, 2.05) is 4.90 Å². The minimum atomic E-state index is -3.28. The van der Waals surface area contributed by atoms with Crippen LogP contribution >= 0.6 is 0 Å². The van der Waals surface area contributed by atoms with Crippen LogP contribution in [0.4, 0.5) is 10.2 Å². The van der Waals surface area contributed by atoms with E-state index in [-0.39, 0.29) is 24.0 Å². The van der Waals surface area contributed by atoms with Crippen LogP contribution in [0.5, 0.6) is 0 Å². The van der Waals surface area contributed by atoms with Gasteiger partial charge in [0.25, 0.3) is 5.56 Å². The number of anilines is 1. The fourth-order valence-electron chi connectivity index (χ4n) is 3.27. The summed E-state index contributed by atoms with van der Waals surface area (Å²) in [5.41, 5.74) is 0.376. The molecule has 146 valence electrons. The Morgan fingerprint density at radius 1 is 1.26 bits per heavy atom. The third kappa shape index (κ3) is 5.36. The number of hydrogen-bond acceptors (Lipinski definition) is 5. The van der Waals surface area contributed by atoms with Crippen LogP contribution in [0.1, 0.15) is 24.8 Å². The lowest BCUT2D eigenvalue weighted by molar-refractivity contribution is 0.445. The van der Waals surface area contributed by atoms with Crippen LogP contribution in [0, 0.1) is 5.82 Å². The molecule has 0 aliphatic carbocycles. The molecule has 0 spiro atoms. The van der Waals surface area contributed by atoms with Gasteiger partial charge in [0.05, 0.1) is 12.8 Å². The van der Waals surface area contributed by atoms with Crippen LogP contribution in [0.3, 0.4) is 0 Å². The van der Waals surface area contributed by atoms with Crippen molar-refractivity contribution in [3.8, 4) is 0 Å². The first-order valence-corrected chi connectivity index (χ1v) is 10.7. The number of piperidine rings is 1. The molecule has 0 saturated carbocycles. The molecule has 1 aliphatic heterocycles. The van der Waals surface area contributed by atoms with Gasteiger partial charge in [-0.2, -0.15) is 5.10 Å². The number of aromatic nitrogens is 2. The smallest absolute Gasteiger partial charge is 0.267 e. The first-order valence-electron chi connectivity index (χ1n) is 8.86. The molecule has 1 saturated heterocycles. The predicted octanol–water partition coefficient (Wildman–Crippen LogP) is 1.34. The zero-order chi connectivity index (χ0) is 19.4. The molecule has 1 N–H and O–H groups in total. The van der Waals surface area contributed by atoms with Crippen molar-refractivity contribution in [1.82, 2.24) is 14.5 Å². The van der Waals surface area contributed by atoms with E-state index in [0.29, 0.717) is 17.9 Å². The van der Waals surface area contributed by atoms with Gasteiger partial charge in [-0.3, -0.25) is 4.79 Å². The van der Waals surface area contributed by atoms with Gasteiger partial charge in [0.1, 0.15) is 11.6 Å². The molecule has 9 heteroatoms. The maximum atomic E-state index is 13.4. The van der Waals surface area contributed by atoms with Gasteiger partial charge < -0.3 is 4.90 Å². The highest BCUT2D eigenvalue weighted by Crippen LogP contribution is 2.22. The molecule has 0 bridgehead atoms. The zero-order valence-electron chi connectivity index (χ0n) is 15.1. The minimum absolute atomic E-state index is 0.0268. The second kappa shape index (κ2) is 8.18. The lowest BCUT2D eigenvalue weighted by Crippen LogP contribution is -2.47. The topological polar surface area (TPSA) is 84.3 Å². The molecule has 7 nitrogen and oxygen atoms in total. The maximum absolute atomic E-state index is 13.4. The van der Waals surface area contributed by atoms with Gasteiger partial charge in [0.15, 0.2) is 0 Å². The fraction of sp³-hybridized carbons (Fsp3) is 0.444. The minimum Gasteiger partial charge on any atom is -0.351 e. The molecule has 2 heterocycles. The standard InChI is InChI=1S/C18H23FN4O3S/c1-27(25,26)20-12-16-7-2-3-10-22(16)17-8-9-18(24)23(21-17)13-14-5-4-6-15(19)11-14/h4-6,8-9,11,16,20H,2-3,7,10,12-13H2,1H3. The van der Waals surface area contributed by atoms with Crippen molar-refractivity contribution in [2.75, 3.05) is 24.2 Å². The van der Waals surface area contributed by atoms with Gasteiger partial charge in [-0.25, -0.2) is 22.2 Å². The third-order valence-corrected chi connectivity index (χ3v) is 5.27. The Kier molecular flexibility index (Phi) is 5.91. The van der Waals surface area contributed by atoms with E-state index in [4.69, 9.17) is 0 Å². The van der Waals surface area contributed by atoms with Crippen molar-refractivity contribution in [3.63, 3.8) is 0 Å². The summed E-state index contributed by atoms with van der Waals surface area (Å²) < 4.78 is 40.1. The summed E-state index contributed by atoms with van der Waals surface area (Å²) in [4.78, 5) is 14.2. The van der Waals surface area contributed by atoms with Gasteiger partial charge in [0.2, 0.25) is 10.0 Å². The Morgan fingerprint density at radius 2 is 2.07 bits per heavy atom. The number of benzene rings is 1. The average molecular weight is 394 g/mol. The average Bonchev–Trinajstić information content (AvgIpc) is 2.62. The lowest BCUT2D eigenvalue weighted by Gasteiger charge is -2.36. The van der Waals surface area contributed by atoms with Gasteiger partial charge in [-0.1, -0.05) is 12.1 Å². The summed E-state index contributed by atoms with van der Waals surface area (Å²) in [5, 5.41) is 4.45. The van der Waals surface area contributed by atoms with Gasteiger partial charge in [0, 0.05) is 25.2 Å². The Morgan fingerprint density at radius 3 is 2.81 bits per heavy atom. The number of sulfonamides is 1. The molecule has 1 aromatic carbocycles. The van der Waals surface area contributed by atoms with E-state index in [9.17, 15) is 17.6 Å². The van der Waals surface area contributed by atoms with Crippen LogP contribution in [-0.4, -0.2) is 43.6 Å². The molecule has 2 aromatic rings. The first kappa shape index (κ1) is 19.5. The molecule has 1 atom stereocenters. The summed E-state index contributed by atoms with van der Waals surface area (Å²) in [6.45, 7) is 1.20. The SMILES string of the molecule is CS(=O)(=O)NCC1CCCCN1c1ccc(=O)n(Cc2cccc(F)c2)n1. The highest BCUT2D eigenvalue weighted by atomic mass is 32.2. The van der Waals surface area contributed by atoms with Crippen LogP contribution in [0.25, 0.3) is 0 Å². The van der Waals surface area contributed by atoms with E-state index in [1.54, 1.807) is 18.2 Å². The van der Waals surface area contributed by atoms with Crippen molar-refractivity contribution < 1.29 is 12.8 Å². The summed E-state index contributed by atoms with van der Waals surface area (Å²) in [5.74, 6) is 0.255. The quantitative estimate of drug-likeness (QED) is 0.799. The van der Waals surface area contributed by atoms with Crippen molar-refractivity contribution in [2.45, 2.75) is 31.8 Å². The van der Waals surface area contributed by atoms with E-state index in [2.05, 4.69) is 9.82 Å². The number of halogens is 1. The second-order valence-corrected chi connectivity index (χ2v) is 8.61. The van der Waals surface area contributed by atoms with Crippen LogP contribution in [0.15, 0.2) is 41.2 Å². The molecular formula is C18H23FN4O3S. The molecule has 1 aromatic heterocycles. The van der Waals surface area contributed by atoms with Crippen molar-refractivity contribution in [1.29, 1.82) is 0 Å². The largest absolute Gasteiger partial charge is 0.351 e. The summed E-state index contributed by atoms with van der Waals surface area (Å²) in [6, 6.07) is 9.13. The summed E-state index contributed by atoms with van der Waals surface area (Å²) in [6.07, 6.45) is 3.96. The van der Waals surface area contributed by atoms with Crippen molar-refractivity contribution in [2.24, 2.45) is 0 Å². The van der Waals surface area contributed by atoms with Crippen molar-refractivity contribution >= 4 is 15.8 Å². The van der Waals surface area contributed by atoms with Crippen LogP contribution in [-0.2, 0) is 16.6 Å². The molecular weight excluding hydrogens is 371 g/mol. The molecule has 1 unspecified atom stereocenters. The van der Waals surface area contributed by atoms with Gasteiger partial charge in [-0.15, -0.1) is 0 Å².